The Balaban J connectivity index is 1.67. The van der Waals surface area contributed by atoms with Crippen LogP contribution < -0.4 is 4.90 Å². The molecule has 0 unspecified atom stereocenters. The van der Waals surface area contributed by atoms with Crippen molar-refractivity contribution in [2.24, 2.45) is 5.41 Å². The SMILES string of the molecule is CC1(C)Cc2[nH]ncc2CN(c2cc(-c3ccccc3)nc3ncnn23)C1. The lowest BCUT2D eigenvalue weighted by Crippen LogP contribution is -2.34. The van der Waals surface area contributed by atoms with Crippen LogP contribution in [0.3, 0.4) is 0 Å². The number of benzene rings is 1. The van der Waals surface area contributed by atoms with Gasteiger partial charge in [-0.25, -0.2) is 4.98 Å². The number of aromatic nitrogens is 6. The number of aromatic amines is 1. The highest BCUT2D eigenvalue weighted by molar-refractivity contribution is 5.66. The second-order valence-corrected chi connectivity index (χ2v) is 7.91. The molecule has 0 fully saturated rings. The second kappa shape index (κ2) is 5.90. The normalized spacial score (nSPS) is 16.3. The maximum absolute atomic E-state index is 4.70. The van der Waals surface area contributed by atoms with Crippen molar-refractivity contribution in [3.8, 4) is 11.3 Å². The van der Waals surface area contributed by atoms with Crippen molar-refractivity contribution in [3.05, 3.63) is 60.2 Å². The topological polar surface area (TPSA) is 75.0 Å². The molecule has 0 saturated carbocycles. The van der Waals surface area contributed by atoms with Gasteiger partial charge in [-0.05, 0) is 11.8 Å². The van der Waals surface area contributed by atoms with E-state index in [0.29, 0.717) is 5.78 Å². The summed E-state index contributed by atoms with van der Waals surface area (Å²) in [5.41, 5.74) is 4.52. The molecule has 7 nitrogen and oxygen atoms in total. The Hall–Kier alpha value is -3.22. The molecular formula is C20H21N7. The molecule has 1 N–H and O–H groups in total. The van der Waals surface area contributed by atoms with Crippen molar-refractivity contribution in [1.29, 1.82) is 0 Å². The lowest BCUT2D eigenvalue weighted by molar-refractivity contribution is 0.366. The summed E-state index contributed by atoms with van der Waals surface area (Å²) in [4.78, 5) is 11.4. The van der Waals surface area contributed by atoms with E-state index in [1.54, 1.807) is 6.33 Å². The highest BCUT2D eigenvalue weighted by Crippen LogP contribution is 2.33. The van der Waals surface area contributed by atoms with Crippen LogP contribution >= 0.6 is 0 Å². The third kappa shape index (κ3) is 2.85. The molecule has 4 aromatic rings. The van der Waals surface area contributed by atoms with Crippen molar-refractivity contribution >= 4 is 11.6 Å². The number of nitrogens with zero attached hydrogens (tertiary/aromatic N) is 6. The average molecular weight is 359 g/mol. The predicted molar refractivity (Wildman–Crippen MR) is 103 cm³/mol. The summed E-state index contributed by atoms with van der Waals surface area (Å²) in [7, 11) is 0. The molecule has 27 heavy (non-hydrogen) atoms. The van der Waals surface area contributed by atoms with Gasteiger partial charge in [-0.15, -0.1) is 0 Å². The molecule has 136 valence electrons. The van der Waals surface area contributed by atoms with E-state index in [2.05, 4.69) is 57.2 Å². The summed E-state index contributed by atoms with van der Waals surface area (Å²) in [6.45, 7) is 6.26. The van der Waals surface area contributed by atoms with Crippen LogP contribution in [-0.2, 0) is 13.0 Å². The summed E-state index contributed by atoms with van der Waals surface area (Å²) in [5.74, 6) is 1.61. The molecule has 5 rings (SSSR count). The Labute approximate surface area is 157 Å². The minimum atomic E-state index is 0.0981. The summed E-state index contributed by atoms with van der Waals surface area (Å²) in [5, 5.41) is 11.9. The molecule has 0 aliphatic carbocycles. The highest BCUT2D eigenvalue weighted by Gasteiger charge is 2.30. The summed E-state index contributed by atoms with van der Waals surface area (Å²) in [6.07, 6.45) is 4.46. The lowest BCUT2D eigenvalue weighted by Gasteiger charge is -2.31. The molecule has 0 amide bonds. The summed E-state index contributed by atoms with van der Waals surface area (Å²) in [6, 6.07) is 12.3. The van der Waals surface area contributed by atoms with Gasteiger partial charge >= 0.3 is 0 Å². The Bertz CT molecular complexity index is 1090. The molecule has 0 atom stereocenters. The van der Waals surface area contributed by atoms with Crippen LogP contribution in [0.2, 0.25) is 0 Å². The monoisotopic (exact) mass is 359 g/mol. The van der Waals surface area contributed by atoms with E-state index in [1.807, 2.05) is 28.9 Å². The fraction of sp³-hybridized carbons (Fsp3) is 0.300. The third-order valence-corrected chi connectivity index (χ3v) is 5.07. The second-order valence-electron chi connectivity index (χ2n) is 7.91. The quantitative estimate of drug-likeness (QED) is 0.595. The van der Waals surface area contributed by atoms with Gasteiger partial charge in [-0.2, -0.15) is 19.7 Å². The van der Waals surface area contributed by atoms with Crippen molar-refractivity contribution in [3.63, 3.8) is 0 Å². The largest absolute Gasteiger partial charge is 0.351 e. The predicted octanol–water partition coefficient (Wildman–Crippen LogP) is 3.10. The maximum atomic E-state index is 4.70. The van der Waals surface area contributed by atoms with Crippen molar-refractivity contribution < 1.29 is 0 Å². The van der Waals surface area contributed by atoms with E-state index in [4.69, 9.17) is 4.98 Å². The van der Waals surface area contributed by atoms with Gasteiger partial charge in [-0.3, -0.25) is 5.10 Å². The first-order valence-electron chi connectivity index (χ1n) is 9.11. The van der Waals surface area contributed by atoms with Crippen LogP contribution in [-0.4, -0.2) is 36.3 Å². The molecule has 0 spiro atoms. The standard InChI is InChI=1S/C20H21N7/c1-20(2)9-17-15(10-22-25-17)11-26(12-20)18-8-16(14-6-4-3-5-7-14)24-19-21-13-23-27(18)19/h3-8,10,13H,9,11-12H2,1-2H3,(H,22,25). The molecule has 1 aliphatic heterocycles. The third-order valence-electron chi connectivity index (χ3n) is 5.07. The lowest BCUT2D eigenvalue weighted by atomic mass is 9.88. The molecular weight excluding hydrogens is 338 g/mol. The van der Waals surface area contributed by atoms with E-state index in [1.165, 1.54) is 11.3 Å². The number of nitrogens with one attached hydrogen (secondary N) is 1. The van der Waals surface area contributed by atoms with Gasteiger partial charge in [0.15, 0.2) is 0 Å². The molecule has 0 bridgehead atoms. The zero-order valence-electron chi connectivity index (χ0n) is 15.4. The fourth-order valence-corrected chi connectivity index (χ4v) is 3.88. The Kier molecular flexibility index (Phi) is 3.50. The van der Waals surface area contributed by atoms with Gasteiger partial charge in [0.05, 0.1) is 11.9 Å². The molecule has 0 radical (unpaired) electrons. The van der Waals surface area contributed by atoms with Crippen LogP contribution in [0.5, 0.6) is 0 Å². The zero-order chi connectivity index (χ0) is 18.4. The van der Waals surface area contributed by atoms with Crippen LogP contribution in [0.4, 0.5) is 5.82 Å². The number of H-pyrrole nitrogens is 1. The Morgan fingerprint density at radius 1 is 1.15 bits per heavy atom. The van der Waals surface area contributed by atoms with E-state index < -0.39 is 0 Å². The molecule has 0 saturated heterocycles. The number of fused-ring (bicyclic) bond motifs is 2. The minimum absolute atomic E-state index is 0.0981. The molecule has 3 aromatic heterocycles. The first kappa shape index (κ1) is 16.0. The highest BCUT2D eigenvalue weighted by atomic mass is 15.4. The van der Waals surface area contributed by atoms with Gasteiger partial charge < -0.3 is 4.90 Å². The molecule has 7 heteroatoms. The molecule has 1 aliphatic rings. The smallest absolute Gasteiger partial charge is 0.254 e. The van der Waals surface area contributed by atoms with E-state index in [-0.39, 0.29) is 5.41 Å². The van der Waals surface area contributed by atoms with Crippen LogP contribution in [0.1, 0.15) is 25.1 Å². The number of hydrogen-bond donors (Lipinski definition) is 1. The van der Waals surface area contributed by atoms with Gasteiger partial charge in [-0.1, -0.05) is 44.2 Å². The van der Waals surface area contributed by atoms with E-state index >= 15 is 0 Å². The maximum Gasteiger partial charge on any atom is 0.254 e. The van der Waals surface area contributed by atoms with Crippen molar-refractivity contribution in [2.45, 2.75) is 26.8 Å². The van der Waals surface area contributed by atoms with E-state index in [9.17, 15) is 0 Å². The van der Waals surface area contributed by atoms with E-state index in [0.717, 1.165) is 36.6 Å². The van der Waals surface area contributed by atoms with Crippen LogP contribution in [0.25, 0.3) is 17.0 Å². The van der Waals surface area contributed by atoms with Gasteiger partial charge in [0.1, 0.15) is 12.1 Å². The van der Waals surface area contributed by atoms with Crippen LogP contribution in [0.15, 0.2) is 48.9 Å². The Morgan fingerprint density at radius 2 is 2.00 bits per heavy atom. The minimum Gasteiger partial charge on any atom is -0.351 e. The number of anilines is 1. The van der Waals surface area contributed by atoms with Gasteiger partial charge in [0.2, 0.25) is 0 Å². The fourth-order valence-electron chi connectivity index (χ4n) is 3.88. The first-order chi connectivity index (χ1) is 13.1. The molecule has 1 aromatic carbocycles. The average Bonchev–Trinajstić information content (AvgIpc) is 3.27. The summed E-state index contributed by atoms with van der Waals surface area (Å²) < 4.78 is 1.83. The first-order valence-corrected chi connectivity index (χ1v) is 9.11. The van der Waals surface area contributed by atoms with Gasteiger partial charge in [0, 0.05) is 36.0 Å². The zero-order valence-corrected chi connectivity index (χ0v) is 15.4. The van der Waals surface area contributed by atoms with Crippen molar-refractivity contribution in [2.75, 3.05) is 11.4 Å². The summed E-state index contributed by atoms with van der Waals surface area (Å²) >= 11 is 0. The van der Waals surface area contributed by atoms with Crippen molar-refractivity contribution in [1.82, 2.24) is 29.8 Å². The number of hydrogen-bond acceptors (Lipinski definition) is 5. The van der Waals surface area contributed by atoms with Gasteiger partial charge in [0.25, 0.3) is 5.78 Å². The number of rotatable bonds is 2. The molecule has 4 heterocycles. The van der Waals surface area contributed by atoms with Crippen LogP contribution in [0, 0.1) is 5.41 Å². The Morgan fingerprint density at radius 3 is 2.85 bits per heavy atom.